The zero-order valence-electron chi connectivity index (χ0n) is 11.6. The highest BCUT2D eigenvalue weighted by molar-refractivity contribution is 6.31. The lowest BCUT2D eigenvalue weighted by Crippen LogP contribution is -2.02. The van der Waals surface area contributed by atoms with Gasteiger partial charge in [-0.2, -0.15) is 5.26 Å². The molecule has 3 nitrogen and oxygen atoms in total. The summed E-state index contributed by atoms with van der Waals surface area (Å²) in [7, 11) is 0. The van der Waals surface area contributed by atoms with E-state index in [-0.39, 0.29) is 12.4 Å². The highest BCUT2D eigenvalue weighted by Crippen LogP contribution is 2.28. The van der Waals surface area contributed by atoms with Gasteiger partial charge in [0.15, 0.2) is 0 Å². The number of fused-ring (bicyclic) bond motifs is 1. The Morgan fingerprint density at radius 3 is 2.64 bits per heavy atom. The third-order valence-corrected chi connectivity index (χ3v) is 3.50. The van der Waals surface area contributed by atoms with E-state index in [1.165, 1.54) is 0 Å². The number of hydrogen-bond donors (Lipinski definition) is 1. The Balaban J connectivity index is 0.00000176. The van der Waals surface area contributed by atoms with Gasteiger partial charge in [-0.15, -0.1) is 12.4 Å². The second-order valence-corrected chi connectivity index (χ2v) is 5.10. The van der Waals surface area contributed by atoms with Crippen molar-refractivity contribution < 1.29 is 0 Å². The molecule has 22 heavy (non-hydrogen) atoms. The number of nitrogens with zero attached hydrogens (tertiary/aromatic N) is 2. The van der Waals surface area contributed by atoms with Crippen LogP contribution in [-0.4, -0.2) is 4.98 Å². The van der Waals surface area contributed by atoms with Gasteiger partial charge in [0.1, 0.15) is 6.07 Å². The van der Waals surface area contributed by atoms with Gasteiger partial charge in [-0.05, 0) is 23.8 Å². The van der Waals surface area contributed by atoms with E-state index in [0.717, 1.165) is 22.2 Å². The number of rotatable bonds is 3. The van der Waals surface area contributed by atoms with Gasteiger partial charge in [0.2, 0.25) is 0 Å². The molecule has 0 aliphatic rings. The normalized spacial score (nSPS) is 9.82. The molecule has 0 saturated carbocycles. The van der Waals surface area contributed by atoms with Crippen molar-refractivity contribution >= 4 is 40.6 Å². The summed E-state index contributed by atoms with van der Waals surface area (Å²) in [6.45, 7) is 0.640. The van der Waals surface area contributed by atoms with Crippen LogP contribution in [0.2, 0.25) is 5.02 Å². The van der Waals surface area contributed by atoms with E-state index >= 15 is 0 Å². The second kappa shape index (κ2) is 7.13. The summed E-state index contributed by atoms with van der Waals surface area (Å²) in [5.74, 6) is 0. The molecule has 2 aromatic carbocycles. The summed E-state index contributed by atoms with van der Waals surface area (Å²) in [5.41, 5.74) is 3.25. The van der Waals surface area contributed by atoms with E-state index in [1.807, 2.05) is 42.5 Å². The standard InChI is InChI=1S/C17H12ClN3.ClH/c18-14-6-7-16-15(8-14)17(13(9-19)11-20-16)21-10-12-4-2-1-3-5-12;/h1-8,11H,10H2,(H,20,21);1H. The maximum Gasteiger partial charge on any atom is 0.103 e. The van der Waals surface area contributed by atoms with Crippen LogP contribution in [0, 0.1) is 11.3 Å². The summed E-state index contributed by atoms with van der Waals surface area (Å²) in [6.07, 6.45) is 1.59. The van der Waals surface area contributed by atoms with Gasteiger partial charge in [0, 0.05) is 23.2 Å². The minimum absolute atomic E-state index is 0. The van der Waals surface area contributed by atoms with Crippen molar-refractivity contribution in [3.05, 3.63) is 70.9 Å². The number of nitrogens with one attached hydrogen (secondary N) is 1. The summed E-state index contributed by atoms with van der Waals surface area (Å²) < 4.78 is 0. The maximum absolute atomic E-state index is 9.28. The molecule has 110 valence electrons. The summed E-state index contributed by atoms with van der Waals surface area (Å²) >= 11 is 6.06. The molecule has 5 heteroatoms. The summed E-state index contributed by atoms with van der Waals surface area (Å²) in [6, 6.07) is 17.7. The van der Waals surface area contributed by atoms with Gasteiger partial charge < -0.3 is 5.32 Å². The van der Waals surface area contributed by atoms with E-state index in [0.29, 0.717) is 17.1 Å². The van der Waals surface area contributed by atoms with Crippen LogP contribution in [0.1, 0.15) is 11.1 Å². The second-order valence-electron chi connectivity index (χ2n) is 4.66. The zero-order chi connectivity index (χ0) is 14.7. The van der Waals surface area contributed by atoms with Crippen molar-refractivity contribution in [3.63, 3.8) is 0 Å². The van der Waals surface area contributed by atoms with Crippen molar-refractivity contribution in [2.24, 2.45) is 0 Å². The Morgan fingerprint density at radius 2 is 1.91 bits per heavy atom. The molecule has 0 atom stereocenters. The molecule has 1 aromatic heterocycles. The summed E-state index contributed by atoms with van der Waals surface area (Å²) in [4.78, 5) is 4.29. The van der Waals surface area contributed by atoms with Crippen LogP contribution in [0.3, 0.4) is 0 Å². The highest BCUT2D eigenvalue weighted by Gasteiger charge is 2.09. The molecule has 0 aliphatic heterocycles. The monoisotopic (exact) mass is 329 g/mol. The minimum Gasteiger partial charge on any atom is -0.379 e. The first-order chi connectivity index (χ1) is 10.3. The molecular weight excluding hydrogens is 317 g/mol. The molecule has 0 spiro atoms. The molecule has 1 heterocycles. The number of anilines is 1. The molecule has 0 amide bonds. The quantitative estimate of drug-likeness (QED) is 0.751. The van der Waals surface area contributed by atoms with E-state index in [2.05, 4.69) is 16.4 Å². The average Bonchev–Trinajstić information content (AvgIpc) is 2.53. The van der Waals surface area contributed by atoms with E-state index in [9.17, 15) is 5.26 Å². The van der Waals surface area contributed by atoms with Crippen LogP contribution < -0.4 is 5.32 Å². The molecule has 0 saturated heterocycles. The number of halogens is 2. The molecule has 0 aliphatic carbocycles. The van der Waals surface area contributed by atoms with E-state index < -0.39 is 0 Å². The lowest BCUT2D eigenvalue weighted by molar-refractivity contribution is 1.15. The Bertz CT molecular complexity index is 826. The largest absolute Gasteiger partial charge is 0.379 e. The topological polar surface area (TPSA) is 48.7 Å². The number of nitriles is 1. The summed E-state index contributed by atoms with van der Waals surface area (Å²) in [5, 5.41) is 14.1. The van der Waals surface area contributed by atoms with Crippen LogP contribution in [0.15, 0.2) is 54.7 Å². The fourth-order valence-corrected chi connectivity index (χ4v) is 2.40. The number of aromatic nitrogens is 1. The number of pyridine rings is 1. The zero-order valence-corrected chi connectivity index (χ0v) is 13.2. The lowest BCUT2D eigenvalue weighted by Gasteiger charge is -2.11. The number of benzene rings is 2. The van der Waals surface area contributed by atoms with Crippen LogP contribution in [0.4, 0.5) is 5.69 Å². The molecule has 3 rings (SSSR count). The fourth-order valence-electron chi connectivity index (χ4n) is 2.23. The van der Waals surface area contributed by atoms with Gasteiger partial charge in [-0.3, -0.25) is 4.98 Å². The third-order valence-electron chi connectivity index (χ3n) is 3.26. The highest BCUT2D eigenvalue weighted by atomic mass is 35.5. The predicted molar refractivity (Wildman–Crippen MR) is 92.5 cm³/mol. The first kappa shape index (κ1) is 16.1. The van der Waals surface area contributed by atoms with Gasteiger partial charge >= 0.3 is 0 Å². The van der Waals surface area contributed by atoms with Gasteiger partial charge in [0.05, 0.1) is 16.8 Å². The van der Waals surface area contributed by atoms with Crippen molar-refractivity contribution in [2.45, 2.75) is 6.54 Å². The first-order valence-corrected chi connectivity index (χ1v) is 6.92. The Labute approximate surface area is 140 Å². The average molecular weight is 330 g/mol. The minimum atomic E-state index is 0. The molecule has 0 fully saturated rings. The van der Waals surface area contributed by atoms with Crippen molar-refractivity contribution in [1.29, 1.82) is 5.26 Å². The van der Waals surface area contributed by atoms with Crippen LogP contribution in [0.5, 0.6) is 0 Å². The fraction of sp³-hybridized carbons (Fsp3) is 0.0588. The molecule has 0 unspecified atom stereocenters. The molecule has 1 N–H and O–H groups in total. The Kier molecular flexibility index (Phi) is 5.21. The van der Waals surface area contributed by atoms with Crippen molar-refractivity contribution in [2.75, 3.05) is 5.32 Å². The lowest BCUT2D eigenvalue weighted by atomic mass is 10.1. The SMILES string of the molecule is Cl.N#Cc1cnc2ccc(Cl)cc2c1NCc1ccccc1. The third kappa shape index (κ3) is 3.30. The van der Waals surface area contributed by atoms with Crippen molar-refractivity contribution in [1.82, 2.24) is 4.98 Å². The van der Waals surface area contributed by atoms with Crippen molar-refractivity contribution in [3.8, 4) is 6.07 Å². The smallest absolute Gasteiger partial charge is 0.103 e. The molecule has 0 bridgehead atoms. The number of hydrogen-bond acceptors (Lipinski definition) is 3. The van der Waals surface area contributed by atoms with Gasteiger partial charge in [0.25, 0.3) is 0 Å². The maximum atomic E-state index is 9.28. The Hall–Kier alpha value is -2.28. The molecule has 3 aromatic rings. The molecule has 0 radical (unpaired) electrons. The molecular formula is C17H13Cl2N3. The van der Waals surface area contributed by atoms with Crippen LogP contribution in [-0.2, 0) is 6.54 Å². The predicted octanol–water partition coefficient (Wildman–Crippen LogP) is 4.79. The van der Waals surface area contributed by atoms with Crippen LogP contribution >= 0.6 is 24.0 Å². The van der Waals surface area contributed by atoms with E-state index in [1.54, 1.807) is 12.3 Å². The van der Waals surface area contributed by atoms with Crippen LogP contribution in [0.25, 0.3) is 10.9 Å². The van der Waals surface area contributed by atoms with Gasteiger partial charge in [-0.1, -0.05) is 41.9 Å². The Morgan fingerprint density at radius 1 is 1.14 bits per heavy atom. The van der Waals surface area contributed by atoms with E-state index in [4.69, 9.17) is 11.6 Å². The first-order valence-electron chi connectivity index (χ1n) is 6.54. The van der Waals surface area contributed by atoms with Gasteiger partial charge in [-0.25, -0.2) is 0 Å².